The largest absolute Gasteiger partial charge is 0.507 e. The Morgan fingerprint density at radius 1 is 1.11 bits per heavy atom. The van der Waals surface area contributed by atoms with E-state index in [2.05, 4.69) is 16.9 Å². The van der Waals surface area contributed by atoms with E-state index in [-0.39, 0.29) is 11.3 Å². The van der Waals surface area contributed by atoms with Crippen molar-refractivity contribution in [1.29, 1.82) is 0 Å². The van der Waals surface area contributed by atoms with Gasteiger partial charge in [-0.25, -0.2) is 4.98 Å². The van der Waals surface area contributed by atoms with Crippen LogP contribution in [0.3, 0.4) is 0 Å². The molecule has 7 heteroatoms. The molecule has 1 amide bonds. The fraction of sp³-hybridized carbons (Fsp3) is 0.143. The van der Waals surface area contributed by atoms with Crippen LogP contribution in [0.15, 0.2) is 65.9 Å². The Bertz CT molecular complexity index is 1040. The highest BCUT2D eigenvalue weighted by Gasteiger charge is 2.47. The van der Waals surface area contributed by atoms with Gasteiger partial charge in [-0.15, -0.1) is 11.3 Å². The minimum atomic E-state index is -0.745. The maximum Gasteiger partial charge on any atom is 0.301 e. The second kappa shape index (κ2) is 7.36. The maximum atomic E-state index is 12.9. The first-order valence-corrected chi connectivity index (χ1v) is 9.69. The van der Waals surface area contributed by atoms with Gasteiger partial charge in [-0.3, -0.25) is 19.5 Å². The Morgan fingerprint density at radius 2 is 1.82 bits per heavy atom. The lowest BCUT2D eigenvalue weighted by Gasteiger charge is -2.23. The molecule has 1 aromatic carbocycles. The molecule has 2 aromatic heterocycles. The molecule has 1 saturated heterocycles. The summed E-state index contributed by atoms with van der Waals surface area (Å²) in [5.74, 6) is -1.64. The number of aryl methyl sites for hydroxylation is 1. The number of aliphatic hydroxyl groups excluding tert-OH is 1. The first-order chi connectivity index (χ1) is 13.6. The Balaban J connectivity index is 1.92. The van der Waals surface area contributed by atoms with Crippen LogP contribution < -0.4 is 4.90 Å². The lowest BCUT2D eigenvalue weighted by molar-refractivity contribution is -0.132. The van der Waals surface area contributed by atoms with Crippen molar-refractivity contribution in [3.8, 4) is 0 Å². The quantitative estimate of drug-likeness (QED) is 0.416. The van der Waals surface area contributed by atoms with Gasteiger partial charge in [0, 0.05) is 29.5 Å². The highest BCUT2D eigenvalue weighted by atomic mass is 32.1. The number of aromatic nitrogens is 2. The Hall–Kier alpha value is -3.32. The minimum absolute atomic E-state index is 0.0515. The third-order valence-electron chi connectivity index (χ3n) is 4.73. The number of aliphatic hydroxyl groups is 1. The second-order valence-electron chi connectivity index (χ2n) is 6.31. The summed E-state index contributed by atoms with van der Waals surface area (Å²) in [5, 5.41) is 13.1. The zero-order chi connectivity index (χ0) is 19.7. The number of pyridine rings is 1. The highest BCUT2D eigenvalue weighted by molar-refractivity contribution is 7.14. The van der Waals surface area contributed by atoms with E-state index >= 15 is 0 Å². The summed E-state index contributed by atoms with van der Waals surface area (Å²) in [6, 6.07) is 10.1. The highest BCUT2D eigenvalue weighted by Crippen LogP contribution is 2.42. The molecule has 3 aromatic rings. The van der Waals surface area contributed by atoms with Crippen LogP contribution in [0.25, 0.3) is 5.76 Å². The first-order valence-electron chi connectivity index (χ1n) is 8.81. The molecule has 0 aliphatic carbocycles. The number of carbonyl (C=O) groups is 2. The van der Waals surface area contributed by atoms with Crippen LogP contribution in [0.1, 0.15) is 29.7 Å². The Kier molecular flexibility index (Phi) is 4.75. The molecule has 3 heterocycles. The summed E-state index contributed by atoms with van der Waals surface area (Å²) in [6.07, 6.45) is 5.51. The maximum absolute atomic E-state index is 12.9. The van der Waals surface area contributed by atoms with Crippen LogP contribution in [-0.4, -0.2) is 26.8 Å². The summed E-state index contributed by atoms with van der Waals surface area (Å²) in [7, 11) is 0. The molecule has 1 aliphatic heterocycles. The summed E-state index contributed by atoms with van der Waals surface area (Å²) in [6.45, 7) is 2.06. The van der Waals surface area contributed by atoms with Crippen molar-refractivity contribution in [3.63, 3.8) is 0 Å². The second-order valence-corrected chi connectivity index (χ2v) is 7.19. The predicted octanol–water partition coefficient (Wildman–Crippen LogP) is 3.73. The van der Waals surface area contributed by atoms with E-state index < -0.39 is 17.7 Å². The molecule has 4 rings (SSSR count). The lowest BCUT2D eigenvalue weighted by atomic mass is 9.95. The van der Waals surface area contributed by atoms with Gasteiger partial charge in [-0.1, -0.05) is 31.2 Å². The van der Waals surface area contributed by atoms with Crippen molar-refractivity contribution in [2.45, 2.75) is 19.4 Å². The van der Waals surface area contributed by atoms with Gasteiger partial charge in [0.2, 0.25) is 0 Å². The Labute approximate surface area is 165 Å². The van der Waals surface area contributed by atoms with Crippen molar-refractivity contribution in [2.75, 3.05) is 4.90 Å². The van der Waals surface area contributed by atoms with Gasteiger partial charge in [-0.05, 0) is 29.7 Å². The third kappa shape index (κ3) is 2.99. The van der Waals surface area contributed by atoms with Crippen molar-refractivity contribution in [3.05, 3.63) is 82.6 Å². The van der Waals surface area contributed by atoms with Gasteiger partial charge in [0.15, 0.2) is 5.13 Å². The average molecular weight is 391 g/mol. The molecule has 0 bridgehead atoms. The summed E-state index contributed by atoms with van der Waals surface area (Å²) in [5.41, 5.74) is 2.37. The van der Waals surface area contributed by atoms with Gasteiger partial charge in [0.05, 0.1) is 11.6 Å². The van der Waals surface area contributed by atoms with Crippen LogP contribution in [0, 0.1) is 0 Å². The number of thiazole rings is 1. The molecular weight excluding hydrogens is 374 g/mol. The van der Waals surface area contributed by atoms with Crippen LogP contribution in [0.5, 0.6) is 0 Å². The molecular formula is C21H17N3O3S. The minimum Gasteiger partial charge on any atom is -0.507 e. The molecule has 1 N–H and O–H groups in total. The number of benzene rings is 1. The van der Waals surface area contributed by atoms with E-state index in [9.17, 15) is 14.7 Å². The van der Waals surface area contributed by atoms with E-state index in [0.29, 0.717) is 10.7 Å². The van der Waals surface area contributed by atoms with Crippen LogP contribution >= 0.6 is 11.3 Å². The van der Waals surface area contributed by atoms with Gasteiger partial charge in [-0.2, -0.15) is 0 Å². The van der Waals surface area contributed by atoms with Crippen molar-refractivity contribution < 1.29 is 14.7 Å². The number of nitrogens with zero attached hydrogens (tertiary/aromatic N) is 3. The Morgan fingerprint density at radius 3 is 2.43 bits per heavy atom. The van der Waals surface area contributed by atoms with E-state index in [1.807, 2.05) is 24.3 Å². The summed E-state index contributed by atoms with van der Waals surface area (Å²) >= 11 is 1.27. The fourth-order valence-corrected chi connectivity index (χ4v) is 3.95. The van der Waals surface area contributed by atoms with Gasteiger partial charge < -0.3 is 5.11 Å². The zero-order valence-corrected chi connectivity index (χ0v) is 15.9. The van der Waals surface area contributed by atoms with E-state index in [4.69, 9.17) is 0 Å². The monoisotopic (exact) mass is 391 g/mol. The smallest absolute Gasteiger partial charge is 0.301 e. The molecule has 1 aliphatic rings. The molecule has 140 valence electrons. The number of rotatable bonds is 4. The molecule has 28 heavy (non-hydrogen) atoms. The number of hydrogen-bond donors (Lipinski definition) is 1. The summed E-state index contributed by atoms with van der Waals surface area (Å²) < 4.78 is 0. The van der Waals surface area contributed by atoms with E-state index in [1.165, 1.54) is 28.6 Å². The number of hydrogen-bond acceptors (Lipinski definition) is 6. The van der Waals surface area contributed by atoms with E-state index in [0.717, 1.165) is 17.5 Å². The van der Waals surface area contributed by atoms with Gasteiger partial charge in [0.25, 0.3) is 5.78 Å². The summed E-state index contributed by atoms with van der Waals surface area (Å²) in [4.78, 5) is 35.2. The van der Waals surface area contributed by atoms with Gasteiger partial charge >= 0.3 is 5.91 Å². The topological polar surface area (TPSA) is 83.4 Å². The van der Waals surface area contributed by atoms with E-state index in [1.54, 1.807) is 23.7 Å². The number of carbonyl (C=O) groups excluding carboxylic acids is 2. The average Bonchev–Trinajstić information content (AvgIpc) is 3.35. The number of anilines is 1. The molecule has 1 unspecified atom stereocenters. The lowest BCUT2D eigenvalue weighted by Crippen LogP contribution is -2.29. The van der Waals surface area contributed by atoms with Crippen molar-refractivity contribution in [2.24, 2.45) is 0 Å². The first kappa shape index (κ1) is 18.1. The molecule has 0 saturated carbocycles. The molecule has 1 fully saturated rings. The molecule has 0 spiro atoms. The molecule has 6 nitrogen and oxygen atoms in total. The standard InChI is InChI=1S/C21H17N3O3S/c1-2-13-3-5-14(6-4-13)17-16(18(25)15-7-9-22-10-8-15)19(26)20(27)24(17)21-23-11-12-28-21/h3-12,17,25H,2H2,1H3/b18-16+. The number of Topliss-reactive ketones (excluding diaryl/α,β-unsaturated/α-hetero) is 1. The predicted molar refractivity (Wildman–Crippen MR) is 107 cm³/mol. The number of amides is 1. The van der Waals surface area contributed by atoms with Gasteiger partial charge in [0.1, 0.15) is 5.76 Å². The fourth-order valence-electron chi connectivity index (χ4n) is 3.28. The normalized spacial score (nSPS) is 18.6. The molecule has 0 radical (unpaired) electrons. The van der Waals surface area contributed by atoms with Crippen LogP contribution in [0.4, 0.5) is 5.13 Å². The number of ketones is 1. The van der Waals surface area contributed by atoms with Crippen LogP contribution in [0.2, 0.25) is 0 Å². The van der Waals surface area contributed by atoms with Crippen LogP contribution in [-0.2, 0) is 16.0 Å². The molecule has 1 atom stereocenters. The zero-order valence-electron chi connectivity index (χ0n) is 15.1. The van der Waals surface area contributed by atoms with Crippen molar-refractivity contribution in [1.82, 2.24) is 9.97 Å². The third-order valence-corrected chi connectivity index (χ3v) is 5.50. The SMILES string of the molecule is CCc1ccc(C2/C(=C(\O)c3ccncc3)C(=O)C(=O)N2c2nccs2)cc1. The van der Waals surface area contributed by atoms with Crippen molar-refractivity contribution >= 4 is 33.9 Å².